The lowest BCUT2D eigenvalue weighted by Crippen LogP contribution is -2.61. The van der Waals surface area contributed by atoms with E-state index in [1.807, 2.05) is 72.5 Å². The molecule has 0 saturated carbocycles. The molecule has 0 aromatic carbocycles. The number of hydrogen-bond donors (Lipinski definition) is 4. The Bertz CT molecular complexity index is 1410. The van der Waals surface area contributed by atoms with Gasteiger partial charge >= 0.3 is 5.97 Å². The Hall–Kier alpha value is -1.39. The van der Waals surface area contributed by atoms with E-state index in [9.17, 15) is 25.2 Å². The SMILES string of the molecule is C=CCOCCOCCCO[C@H]1[C@H](C)O[C@@H](O[C@H]2[C@H](C)[C@@H](O[C@@H]3O[C@H](C)C[C@H](N(C)C)[C@H]3O[C@@H](C)O)[C@](C)(O)C[C@@H](C)CN(C)[C@H](C)[C@@H](O)[C@](C)(O)[C@@H](CC)OC(=O)[C@@H]2C)C[C@@]1(C)OC. The zero-order valence-electron chi connectivity index (χ0n) is 42.5. The third-order valence-electron chi connectivity index (χ3n) is 13.8. The molecule has 65 heavy (non-hydrogen) atoms. The molecule has 0 amide bonds. The molecule has 0 unspecified atom stereocenters. The van der Waals surface area contributed by atoms with Crippen molar-refractivity contribution in [2.45, 2.75) is 205 Å². The molecule has 19 atom stereocenters. The molecule has 3 saturated heterocycles. The molecule has 17 nitrogen and oxygen atoms in total. The van der Waals surface area contributed by atoms with E-state index in [0.717, 1.165) is 0 Å². The predicted molar refractivity (Wildman–Crippen MR) is 245 cm³/mol. The summed E-state index contributed by atoms with van der Waals surface area (Å²) in [7, 11) is 7.34. The van der Waals surface area contributed by atoms with Crippen molar-refractivity contribution in [3.05, 3.63) is 12.7 Å². The van der Waals surface area contributed by atoms with Gasteiger partial charge in [0.25, 0.3) is 0 Å². The highest BCUT2D eigenvalue weighted by molar-refractivity contribution is 5.73. The van der Waals surface area contributed by atoms with Crippen molar-refractivity contribution in [2.24, 2.45) is 17.8 Å². The average molecular weight is 935 g/mol. The van der Waals surface area contributed by atoms with E-state index in [-0.39, 0.29) is 37.3 Å². The van der Waals surface area contributed by atoms with Crippen molar-refractivity contribution in [1.82, 2.24) is 9.80 Å². The molecule has 0 aromatic rings. The third-order valence-corrected chi connectivity index (χ3v) is 13.8. The van der Waals surface area contributed by atoms with Crippen LogP contribution in [-0.2, 0) is 52.2 Å². The summed E-state index contributed by atoms with van der Waals surface area (Å²) in [6.07, 6.45) is -5.98. The Kier molecular flexibility index (Phi) is 23.2. The first-order valence-corrected chi connectivity index (χ1v) is 23.9. The molecule has 0 aliphatic carbocycles. The fourth-order valence-electron chi connectivity index (χ4n) is 10.2. The number of hydrogen-bond acceptors (Lipinski definition) is 17. The quantitative estimate of drug-likeness (QED) is 0.0630. The minimum absolute atomic E-state index is 0.162. The van der Waals surface area contributed by atoms with E-state index in [1.54, 1.807) is 34.0 Å². The van der Waals surface area contributed by atoms with Gasteiger partial charge in [0, 0.05) is 51.3 Å². The van der Waals surface area contributed by atoms with Crippen LogP contribution in [0.5, 0.6) is 0 Å². The summed E-state index contributed by atoms with van der Waals surface area (Å²) < 4.78 is 63.0. The molecule has 3 aliphatic rings. The fraction of sp³-hybridized carbons (Fsp3) is 0.938. The Morgan fingerprint density at radius 1 is 0.954 bits per heavy atom. The number of likely N-dealkylation sites (N-methyl/N-ethyl adjacent to an activating group) is 2. The van der Waals surface area contributed by atoms with E-state index >= 15 is 0 Å². The van der Waals surface area contributed by atoms with Crippen LogP contribution < -0.4 is 0 Å². The summed E-state index contributed by atoms with van der Waals surface area (Å²) in [5.41, 5.74) is -4.28. The standard InChI is InChI=1S/C48H90N2O15/c1-17-20-57-23-24-58-21-19-22-59-43-34(8)61-38(27-47(43,11)56-16)64-39-31(5)42(65-45-40(62-35(9)51)36(49(13)14)25-30(4)60-45)46(10,54)26-29(3)28-50(15)33(7)41(52)48(12,55)37(18-2)63-44(53)32(39)6/h17,29-43,45,51-52,54-55H,1,18-28H2,2-16H3/t29-,30-,31+,32-,33-,34+,35+,36+,37-,38+,39+,40-,41-,42-,43+,45+,46-,47-,48-/m1/s1. The molecule has 17 heteroatoms. The average Bonchev–Trinajstić information content (AvgIpc) is 3.22. The van der Waals surface area contributed by atoms with Crippen LogP contribution in [0.4, 0.5) is 0 Å². The van der Waals surface area contributed by atoms with Gasteiger partial charge in [-0.25, -0.2) is 0 Å². The molecule has 3 rings (SSSR count). The zero-order chi connectivity index (χ0) is 49.0. The molecule has 3 fully saturated rings. The van der Waals surface area contributed by atoms with Crippen LogP contribution in [0.15, 0.2) is 12.7 Å². The fourth-order valence-corrected chi connectivity index (χ4v) is 10.2. The highest BCUT2D eigenvalue weighted by atomic mass is 16.7. The van der Waals surface area contributed by atoms with Crippen LogP contribution in [0.25, 0.3) is 0 Å². The van der Waals surface area contributed by atoms with Gasteiger partial charge in [-0.1, -0.05) is 26.8 Å². The van der Waals surface area contributed by atoms with Gasteiger partial charge in [-0.3, -0.25) is 4.79 Å². The largest absolute Gasteiger partial charge is 0.459 e. The van der Waals surface area contributed by atoms with Crippen LogP contribution in [0.2, 0.25) is 0 Å². The molecule has 382 valence electrons. The first-order chi connectivity index (χ1) is 30.3. The highest BCUT2D eigenvalue weighted by Gasteiger charge is 2.53. The Balaban J connectivity index is 2.09. The Labute approximate surface area is 390 Å². The molecule has 4 N–H and O–H groups in total. The van der Waals surface area contributed by atoms with Crippen LogP contribution in [-0.4, -0.2) is 201 Å². The van der Waals surface area contributed by atoms with Gasteiger partial charge in [0.1, 0.15) is 30.0 Å². The topological polar surface area (TPSA) is 197 Å². The van der Waals surface area contributed by atoms with Crippen molar-refractivity contribution in [2.75, 3.05) is 67.8 Å². The maximum absolute atomic E-state index is 14.6. The summed E-state index contributed by atoms with van der Waals surface area (Å²) >= 11 is 0. The summed E-state index contributed by atoms with van der Waals surface area (Å²) in [6, 6.07) is -0.767. The summed E-state index contributed by atoms with van der Waals surface area (Å²) in [4.78, 5) is 18.5. The first kappa shape index (κ1) is 57.9. The lowest BCUT2D eigenvalue weighted by atomic mass is 9.77. The number of aliphatic hydroxyl groups is 4. The van der Waals surface area contributed by atoms with Gasteiger partial charge in [0.05, 0.1) is 61.4 Å². The van der Waals surface area contributed by atoms with E-state index < -0.39 is 102 Å². The molecule has 0 aromatic heterocycles. The normalized spacial score (nSPS) is 42.5. The van der Waals surface area contributed by atoms with Crippen LogP contribution >= 0.6 is 0 Å². The lowest BCUT2D eigenvalue weighted by molar-refractivity contribution is -0.331. The number of cyclic esters (lactones) is 1. The minimum Gasteiger partial charge on any atom is -0.459 e. The smallest absolute Gasteiger partial charge is 0.311 e. The van der Waals surface area contributed by atoms with E-state index in [0.29, 0.717) is 52.4 Å². The second-order valence-electron chi connectivity index (χ2n) is 20.1. The van der Waals surface area contributed by atoms with Crippen molar-refractivity contribution >= 4 is 5.97 Å². The number of ether oxygens (including phenoxy) is 10. The van der Waals surface area contributed by atoms with Gasteiger partial charge in [-0.05, 0) is 108 Å². The lowest BCUT2D eigenvalue weighted by Gasteiger charge is -2.50. The molecule has 3 aliphatic heterocycles. The van der Waals surface area contributed by atoms with E-state index in [1.165, 1.54) is 13.8 Å². The van der Waals surface area contributed by atoms with Gasteiger partial charge < -0.3 is 77.6 Å². The third kappa shape index (κ3) is 15.8. The van der Waals surface area contributed by atoms with Crippen LogP contribution in [0, 0.1) is 17.8 Å². The van der Waals surface area contributed by atoms with Gasteiger partial charge in [-0.2, -0.15) is 0 Å². The molecule has 0 bridgehead atoms. The molecule has 0 radical (unpaired) electrons. The van der Waals surface area contributed by atoms with Gasteiger partial charge in [0.15, 0.2) is 18.9 Å². The number of aliphatic hydroxyl groups excluding tert-OH is 2. The number of methoxy groups -OCH3 is 1. The minimum atomic E-state index is -1.82. The highest BCUT2D eigenvalue weighted by Crippen LogP contribution is 2.41. The predicted octanol–water partition coefficient (Wildman–Crippen LogP) is 3.90. The summed E-state index contributed by atoms with van der Waals surface area (Å²) in [5.74, 6) is -2.62. The second-order valence-corrected chi connectivity index (χ2v) is 20.1. The van der Waals surface area contributed by atoms with Crippen molar-refractivity contribution in [1.29, 1.82) is 0 Å². The van der Waals surface area contributed by atoms with E-state index in [4.69, 9.17) is 47.4 Å². The summed E-state index contributed by atoms with van der Waals surface area (Å²) in [5, 5.41) is 47.0. The molecule has 3 heterocycles. The number of carbonyl (C=O) groups is 1. The zero-order valence-corrected chi connectivity index (χ0v) is 42.5. The van der Waals surface area contributed by atoms with Crippen LogP contribution in [0.3, 0.4) is 0 Å². The van der Waals surface area contributed by atoms with Crippen molar-refractivity contribution in [3.8, 4) is 0 Å². The molecular formula is C48H90N2O15. The number of carbonyl (C=O) groups excluding carboxylic acids is 1. The monoisotopic (exact) mass is 935 g/mol. The van der Waals surface area contributed by atoms with Crippen molar-refractivity contribution < 1.29 is 72.6 Å². The van der Waals surface area contributed by atoms with Gasteiger partial charge in [0.2, 0.25) is 0 Å². The maximum atomic E-state index is 14.6. The molecular weight excluding hydrogens is 845 g/mol. The van der Waals surface area contributed by atoms with Gasteiger partial charge in [-0.15, -0.1) is 6.58 Å². The van der Waals surface area contributed by atoms with Crippen LogP contribution in [0.1, 0.15) is 108 Å². The Morgan fingerprint density at radius 2 is 1.62 bits per heavy atom. The van der Waals surface area contributed by atoms with E-state index in [2.05, 4.69) is 6.58 Å². The maximum Gasteiger partial charge on any atom is 0.311 e. The molecule has 0 spiro atoms. The number of nitrogens with zero attached hydrogens (tertiary/aromatic N) is 2. The number of esters is 1. The first-order valence-electron chi connectivity index (χ1n) is 23.9. The summed E-state index contributed by atoms with van der Waals surface area (Å²) in [6.45, 7) is 26.1. The second kappa shape index (κ2) is 26.0. The van der Waals surface area contributed by atoms with Crippen molar-refractivity contribution in [3.63, 3.8) is 0 Å². The number of rotatable bonds is 19. The Morgan fingerprint density at radius 3 is 2.22 bits per heavy atom.